The zero-order chi connectivity index (χ0) is 11.0. The summed E-state index contributed by atoms with van der Waals surface area (Å²) in [5.41, 5.74) is 1.46. The van der Waals surface area contributed by atoms with Crippen molar-refractivity contribution in [3.8, 4) is 0 Å². The van der Waals surface area contributed by atoms with Gasteiger partial charge in [-0.2, -0.15) is 5.10 Å². The summed E-state index contributed by atoms with van der Waals surface area (Å²) in [6, 6.07) is 0. The van der Waals surface area contributed by atoms with Crippen LogP contribution in [-0.4, -0.2) is 39.1 Å². The summed E-state index contributed by atoms with van der Waals surface area (Å²) in [5, 5.41) is 4.26. The molecule has 1 unspecified atom stereocenters. The molecule has 0 spiro atoms. The first kappa shape index (κ1) is 10.5. The third-order valence-corrected chi connectivity index (χ3v) is 3.02. The van der Waals surface area contributed by atoms with Gasteiger partial charge in [-0.25, -0.2) is 0 Å². The number of rotatable bonds is 1. The van der Waals surface area contributed by atoms with E-state index in [0.29, 0.717) is 12.1 Å². The van der Waals surface area contributed by atoms with Gasteiger partial charge in [0.1, 0.15) is 0 Å². The van der Waals surface area contributed by atoms with Crippen molar-refractivity contribution >= 4 is 17.5 Å². The van der Waals surface area contributed by atoms with Crippen molar-refractivity contribution in [2.75, 3.05) is 13.1 Å². The number of alkyl halides is 1. The number of carbonyl (C=O) groups excluding carboxylic acids is 1. The first-order valence-corrected chi connectivity index (χ1v) is 5.45. The Bertz CT molecular complexity index is 388. The lowest BCUT2D eigenvalue weighted by molar-refractivity contribution is 0.0792. The van der Waals surface area contributed by atoms with Crippen LogP contribution < -0.4 is 0 Å². The number of likely N-dealkylation sites (tertiary alicyclic amines) is 1. The molecule has 2 heterocycles. The molecule has 1 amide bonds. The lowest BCUT2D eigenvalue weighted by atomic mass is 10.2. The minimum Gasteiger partial charge on any atom is -0.337 e. The molecule has 0 aromatic carbocycles. The van der Waals surface area contributed by atoms with Gasteiger partial charge in [0.15, 0.2) is 0 Å². The molecule has 15 heavy (non-hydrogen) atoms. The Kier molecular flexibility index (Phi) is 2.69. The van der Waals surface area contributed by atoms with Crippen molar-refractivity contribution in [3.05, 3.63) is 17.5 Å². The minimum absolute atomic E-state index is 0.0451. The van der Waals surface area contributed by atoms with Crippen molar-refractivity contribution in [2.45, 2.75) is 18.7 Å². The fraction of sp³-hybridized carbons (Fsp3) is 0.600. The normalized spacial score (nSPS) is 21.0. The van der Waals surface area contributed by atoms with Gasteiger partial charge in [-0.15, -0.1) is 11.6 Å². The van der Waals surface area contributed by atoms with Gasteiger partial charge in [-0.05, 0) is 13.3 Å². The summed E-state index contributed by atoms with van der Waals surface area (Å²) in [6.45, 7) is 3.25. The fourth-order valence-corrected chi connectivity index (χ4v) is 2.15. The molecule has 0 radical (unpaired) electrons. The molecule has 1 aliphatic rings. The number of hydrogen-bond acceptors (Lipinski definition) is 2. The highest BCUT2D eigenvalue weighted by Crippen LogP contribution is 2.18. The summed E-state index contributed by atoms with van der Waals surface area (Å²) >= 11 is 5.97. The molecule has 1 atom stereocenters. The van der Waals surface area contributed by atoms with E-state index in [1.807, 2.05) is 14.0 Å². The summed E-state index contributed by atoms with van der Waals surface area (Å²) in [4.78, 5) is 13.8. The monoisotopic (exact) mass is 227 g/mol. The standard InChI is InChI=1S/C10H14ClN3O/c1-7-9(6-13(2)12-7)10(15)14-4-3-8(11)5-14/h6,8H,3-5H2,1-2H3. The third-order valence-electron chi connectivity index (χ3n) is 2.66. The number of aromatic nitrogens is 2. The summed E-state index contributed by atoms with van der Waals surface area (Å²) in [6.07, 6.45) is 2.64. The van der Waals surface area contributed by atoms with Gasteiger partial charge in [-0.1, -0.05) is 0 Å². The molecule has 1 fully saturated rings. The zero-order valence-electron chi connectivity index (χ0n) is 8.90. The van der Waals surface area contributed by atoms with Gasteiger partial charge in [0.25, 0.3) is 5.91 Å². The van der Waals surface area contributed by atoms with Crippen LogP contribution >= 0.6 is 11.6 Å². The van der Waals surface area contributed by atoms with Crippen LogP contribution in [0.25, 0.3) is 0 Å². The van der Waals surface area contributed by atoms with Crippen LogP contribution in [0.2, 0.25) is 0 Å². The Balaban J connectivity index is 2.17. The Morgan fingerprint density at radius 3 is 2.87 bits per heavy atom. The van der Waals surface area contributed by atoms with Gasteiger partial charge in [0.2, 0.25) is 0 Å². The second kappa shape index (κ2) is 3.85. The molecule has 0 aliphatic carbocycles. The maximum Gasteiger partial charge on any atom is 0.257 e. The highest BCUT2D eigenvalue weighted by atomic mass is 35.5. The predicted molar refractivity (Wildman–Crippen MR) is 58.1 cm³/mol. The van der Waals surface area contributed by atoms with Crippen LogP contribution in [0.4, 0.5) is 0 Å². The fourth-order valence-electron chi connectivity index (χ4n) is 1.88. The maximum absolute atomic E-state index is 12.0. The minimum atomic E-state index is 0.0451. The molecule has 0 saturated carbocycles. The largest absolute Gasteiger partial charge is 0.337 e. The van der Waals surface area contributed by atoms with Crippen LogP contribution in [0.3, 0.4) is 0 Å². The number of halogens is 1. The first-order valence-electron chi connectivity index (χ1n) is 5.01. The van der Waals surface area contributed by atoms with E-state index in [9.17, 15) is 4.79 Å². The summed E-state index contributed by atoms with van der Waals surface area (Å²) < 4.78 is 1.66. The van der Waals surface area contributed by atoms with Crippen molar-refractivity contribution in [3.63, 3.8) is 0 Å². The number of carbonyl (C=O) groups is 1. The molecule has 1 aromatic rings. The SMILES string of the molecule is Cc1nn(C)cc1C(=O)N1CCC(Cl)C1. The molecule has 5 heteroatoms. The van der Waals surface area contributed by atoms with E-state index in [4.69, 9.17) is 11.6 Å². The molecule has 1 saturated heterocycles. The van der Waals surface area contributed by atoms with Crippen molar-refractivity contribution in [2.24, 2.45) is 7.05 Å². The van der Waals surface area contributed by atoms with Crippen LogP contribution in [0.5, 0.6) is 0 Å². The van der Waals surface area contributed by atoms with Crippen molar-refractivity contribution < 1.29 is 4.79 Å². The van der Waals surface area contributed by atoms with Crippen LogP contribution in [-0.2, 0) is 7.05 Å². The second-order valence-corrected chi connectivity index (χ2v) is 4.56. The van der Waals surface area contributed by atoms with E-state index >= 15 is 0 Å². The topological polar surface area (TPSA) is 38.1 Å². The number of hydrogen-bond donors (Lipinski definition) is 0. The Morgan fingerprint density at radius 2 is 2.40 bits per heavy atom. The summed E-state index contributed by atoms with van der Waals surface area (Å²) in [5.74, 6) is 0.0451. The molecule has 0 bridgehead atoms. The van der Waals surface area contributed by atoms with E-state index in [1.165, 1.54) is 0 Å². The van der Waals surface area contributed by atoms with Gasteiger partial charge >= 0.3 is 0 Å². The lowest BCUT2D eigenvalue weighted by Crippen LogP contribution is -2.29. The lowest BCUT2D eigenvalue weighted by Gasteiger charge is -2.14. The zero-order valence-corrected chi connectivity index (χ0v) is 9.66. The number of aryl methyl sites for hydroxylation is 2. The maximum atomic E-state index is 12.0. The van der Waals surface area contributed by atoms with E-state index in [1.54, 1.807) is 15.8 Å². The van der Waals surface area contributed by atoms with E-state index in [0.717, 1.165) is 18.7 Å². The molecular formula is C10H14ClN3O. The molecule has 82 valence electrons. The molecule has 1 aliphatic heterocycles. The second-order valence-electron chi connectivity index (χ2n) is 3.94. The van der Waals surface area contributed by atoms with Crippen LogP contribution in [0, 0.1) is 6.92 Å². The number of amides is 1. The quantitative estimate of drug-likeness (QED) is 0.676. The highest BCUT2D eigenvalue weighted by Gasteiger charge is 2.27. The Labute approximate surface area is 93.8 Å². The first-order chi connectivity index (χ1) is 7.08. The highest BCUT2D eigenvalue weighted by molar-refractivity contribution is 6.21. The van der Waals surface area contributed by atoms with Crippen LogP contribution in [0.15, 0.2) is 6.20 Å². The third kappa shape index (κ3) is 2.00. The smallest absolute Gasteiger partial charge is 0.257 e. The van der Waals surface area contributed by atoms with Gasteiger partial charge in [0, 0.05) is 26.3 Å². The molecule has 4 nitrogen and oxygen atoms in total. The Morgan fingerprint density at radius 1 is 1.67 bits per heavy atom. The molecule has 2 rings (SSSR count). The van der Waals surface area contributed by atoms with Gasteiger partial charge in [-0.3, -0.25) is 9.48 Å². The van der Waals surface area contributed by atoms with Crippen LogP contribution in [0.1, 0.15) is 22.5 Å². The molecule has 0 N–H and O–H groups in total. The van der Waals surface area contributed by atoms with E-state index in [2.05, 4.69) is 5.10 Å². The van der Waals surface area contributed by atoms with Gasteiger partial charge in [0.05, 0.1) is 16.6 Å². The summed E-state index contributed by atoms with van der Waals surface area (Å²) in [7, 11) is 1.82. The number of nitrogens with zero attached hydrogens (tertiary/aromatic N) is 3. The predicted octanol–water partition coefficient (Wildman–Crippen LogP) is 1.18. The van der Waals surface area contributed by atoms with E-state index in [-0.39, 0.29) is 11.3 Å². The van der Waals surface area contributed by atoms with Crippen molar-refractivity contribution in [1.29, 1.82) is 0 Å². The van der Waals surface area contributed by atoms with E-state index < -0.39 is 0 Å². The van der Waals surface area contributed by atoms with Crippen molar-refractivity contribution in [1.82, 2.24) is 14.7 Å². The Hall–Kier alpha value is -1.03. The average molecular weight is 228 g/mol. The molecule has 1 aromatic heterocycles. The van der Waals surface area contributed by atoms with Gasteiger partial charge < -0.3 is 4.90 Å². The molecular weight excluding hydrogens is 214 g/mol. The average Bonchev–Trinajstić information content (AvgIpc) is 2.71.